The molecule has 20 heavy (non-hydrogen) atoms. The largest absolute Gasteiger partial charge is 0.496 e. The summed E-state index contributed by atoms with van der Waals surface area (Å²) in [5.74, 6) is 0.960. The Balaban J connectivity index is 2.52. The van der Waals surface area contributed by atoms with Crippen molar-refractivity contribution in [2.45, 2.75) is 13.3 Å². The fourth-order valence-electron chi connectivity index (χ4n) is 2.15. The van der Waals surface area contributed by atoms with E-state index in [1.165, 1.54) is 0 Å². The Kier molecular flexibility index (Phi) is 4.41. The lowest BCUT2D eigenvalue weighted by Crippen LogP contribution is -2.07. The van der Waals surface area contributed by atoms with Crippen LogP contribution >= 0.6 is 0 Å². The summed E-state index contributed by atoms with van der Waals surface area (Å²) in [6.07, 6.45) is 0.893. The van der Waals surface area contributed by atoms with Crippen LogP contribution in [0, 0.1) is 0 Å². The van der Waals surface area contributed by atoms with E-state index in [0.29, 0.717) is 22.6 Å². The minimum absolute atomic E-state index is 0.0883. The lowest BCUT2D eigenvalue weighted by Gasteiger charge is -2.12. The first-order chi connectivity index (χ1) is 9.71. The van der Waals surface area contributed by atoms with Crippen LogP contribution in [0.2, 0.25) is 0 Å². The van der Waals surface area contributed by atoms with Gasteiger partial charge in [0.2, 0.25) is 5.78 Å². The van der Waals surface area contributed by atoms with E-state index in [4.69, 9.17) is 9.47 Å². The average molecular weight is 270 g/mol. The lowest BCUT2D eigenvalue weighted by atomic mass is 9.99. The summed E-state index contributed by atoms with van der Waals surface area (Å²) in [4.78, 5) is 12.7. The van der Waals surface area contributed by atoms with Crippen molar-refractivity contribution >= 4 is 5.78 Å². The van der Waals surface area contributed by atoms with E-state index in [1.807, 2.05) is 24.3 Å². The summed E-state index contributed by atoms with van der Waals surface area (Å²) in [7, 11) is 3.10. The second-order valence-corrected chi connectivity index (χ2v) is 4.42. The van der Waals surface area contributed by atoms with E-state index in [1.54, 1.807) is 32.4 Å². The molecule has 0 bridgehead atoms. The molecule has 0 fully saturated rings. The van der Waals surface area contributed by atoms with Gasteiger partial charge in [-0.15, -0.1) is 0 Å². The first-order valence-corrected chi connectivity index (χ1v) is 6.55. The van der Waals surface area contributed by atoms with E-state index in [-0.39, 0.29) is 5.78 Å². The smallest absolute Gasteiger partial charge is 0.200 e. The van der Waals surface area contributed by atoms with Gasteiger partial charge in [-0.3, -0.25) is 4.79 Å². The summed E-state index contributed by atoms with van der Waals surface area (Å²) in [6, 6.07) is 13.0. The number of hydrogen-bond acceptors (Lipinski definition) is 3. The Morgan fingerprint density at radius 3 is 2.15 bits per heavy atom. The Hall–Kier alpha value is -2.29. The van der Waals surface area contributed by atoms with Crippen molar-refractivity contribution in [2.75, 3.05) is 14.2 Å². The monoisotopic (exact) mass is 270 g/mol. The number of benzene rings is 2. The molecule has 0 atom stereocenters. The Morgan fingerprint density at radius 1 is 1.00 bits per heavy atom. The van der Waals surface area contributed by atoms with Crippen molar-refractivity contribution in [1.29, 1.82) is 0 Å². The van der Waals surface area contributed by atoms with Crippen LogP contribution in [-0.4, -0.2) is 20.0 Å². The number of ketones is 1. The molecule has 0 saturated carbocycles. The maximum Gasteiger partial charge on any atom is 0.200 e. The summed E-state index contributed by atoms with van der Waals surface area (Å²) >= 11 is 0. The fraction of sp³-hybridized carbons (Fsp3) is 0.235. The molecule has 0 aliphatic rings. The number of ether oxygens (including phenoxy) is 2. The maximum absolute atomic E-state index is 12.7. The van der Waals surface area contributed by atoms with Crippen LogP contribution in [0.1, 0.15) is 28.4 Å². The molecule has 0 aliphatic carbocycles. The number of methoxy groups -OCH3 is 2. The summed E-state index contributed by atoms with van der Waals surface area (Å²) in [5.41, 5.74) is 2.24. The molecule has 2 aromatic carbocycles. The molecule has 0 unspecified atom stereocenters. The molecule has 3 heteroatoms. The summed E-state index contributed by atoms with van der Waals surface area (Å²) in [5, 5.41) is 0. The van der Waals surface area contributed by atoms with Gasteiger partial charge in [-0.25, -0.2) is 0 Å². The van der Waals surface area contributed by atoms with Gasteiger partial charge in [0.15, 0.2) is 0 Å². The minimum Gasteiger partial charge on any atom is -0.496 e. The molecule has 2 rings (SSSR count). The zero-order valence-corrected chi connectivity index (χ0v) is 12.0. The highest BCUT2D eigenvalue weighted by Gasteiger charge is 2.19. The Morgan fingerprint density at radius 2 is 1.60 bits per heavy atom. The van der Waals surface area contributed by atoms with Crippen molar-refractivity contribution in [3.05, 3.63) is 59.2 Å². The predicted molar refractivity (Wildman–Crippen MR) is 78.8 cm³/mol. The zero-order chi connectivity index (χ0) is 14.5. The molecule has 3 nitrogen and oxygen atoms in total. The topological polar surface area (TPSA) is 35.5 Å². The molecule has 0 aliphatic heterocycles. The summed E-state index contributed by atoms with van der Waals surface area (Å²) in [6.45, 7) is 2.06. The van der Waals surface area contributed by atoms with Crippen molar-refractivity contribution < 1.29 is 14.3 Å². The van der Waals surface area contributed by atoms with Gasteiger partial charge in [0.05, 0.1) is 14.2 Å². The van der Waals surface area contributed by atoms with Gasteiger partial charge >= 0.3 is 0 Å². The van der Waals surface area contributed by atoms with Gasteiger partial charge in [-0.1, -0.05) is 31.2 Å². The van der Waals surface area contributed by atoms with Crippen LogP contribution in [0.4, 0.5) is 0 Å². The van der Waals surface area contributed by atoms with Crippen LogP contribution in [-0.2, 0) is 6.42 Å². The highest BCUT2D eigenvalue weighted by Crippen LogP contribution is 2.30. The molecule has 0 amide bonds. The first kappa shape index (κ1) is 14.1. The predicted octanol–water partition coefficient (Wildman–Crippen LogP) is 3.50. The third-order valence-electron chi connectivity index (χ3n) is 3.25. The molecular weight excluding hydrogens is 252 g/mol. The first-order valence-electron chi connectivity index (χ1n) is 6.55. The fourth-order valence-corrected chi connectivity index (χ4v) is 2.15. The summed E-state index contributed by atoms with van der Waals surface area (Å²) < 4.78 is 10.6. The van der Waals surface area contributed by atoms with Crippen LogP contribution in [0.25, 0.3) is 0 Å². The molecule has 0 N–H and O–H groups in total. The normalized spacial score (nSPS) is 10.2. The highest BCUT2D eigenvalue weighted by atomic mass is 16.5. The van der Waals surface area contributed by atoms with Gasteiger partial charge in [-0.2, -0.15) is 0 Å². The third kappa shape index (κ3) is 2.67. The third-order valence-corrected chi connectivity index (χ3v) is 3.25. The van der Waals surface area contributed by atoms with Crippen LogP contribution in [0.5, 0.6) is 11.5 Å². The number of carbonyl (C=O) groups excluding carboxylic acids is 1. The quantitative estimate of drug-likeness (QED) is 0.780. The zero-order valence-electron chi connectivity index (χ0n) is 12.0. The van der Waals surface area contributed by atoms with Crippen molar-refractivity contribution in [3.63, 3.8) is 0 Å². The van der Waals surface area contributed by atoms with E-state index in [2.05, 4.69) is 6.92 Å². The second-order valence-electron chi connectivity index (χ2n) is 4.42. The SMILES string of the molecule is CCc1cccc(C(=O)c2c(OC)cccc2OC)c1. The molecule has 2 aromatic rings. The lowest BCUT2D eigenvalue weighted by molar-refractivity contribution is 0.103. The van der Waals surface area contributed by atoms with Gasteiger partial charge in [0.25, 0.3) is 0 Å². The van der Waals surface area contributed by atoms with Crippen LogP contribution < -0.4 is 9.47 Å². The average Bonchev–Trinajstić information content (AvgIpc) is 2.53. The van der Waals surface area contributed by atoms with Crippen LogP contribution in [0.15, 0.2) is 42.5 Å². The number of rotatable bonds is 5. The number of hydrogen-bond donors (Lipinski definition) is 0. The molecule has 0 saturated heterocycles. The second kappa shape index (κ2) is 6.24. The molecular formula is C17H18O3. The van der Waals surface area contributed by atoms with Gasteiger partial charge in [0, 0.05) is 5.56 Å². The molecule has 0 radical (unpaired) electrons. The number of aryl methyl sites for hydroxylation is 1. The highest BCUT2D eigenvalue weighted by molar-refractivity contribution is 6.12. The van der Waals surface area contributed by atoms with Crippen molar-refractivity contribution in [2.24, 2.45) is 0 Å². The molecule has 0 aromatic heterocycles. The van der Waals surface area contributed by atoms with Gasteiger partial charge in [0.1, 0.15) is 17.1 Å². The van der Waals surface area contributed by atoms with Crippen LogP contribution in [0.3, 0.4) is 0 Å². The Labute approximate surface area is 119 Å². The minimum atomic E-state index is -0.0883. The Bertz CT molecular complexity index is 595. The van der Waals surface area contributed by atoms with Crippen molar-refractivity contribution in [1.82, 2.24) is 0 Å². The maximum atomic E-state index is 12.7. The van der Waals surface area contributed by atoms with Gasteiger partial charge < -0.3 is 9.47 Å². The van der Waals surface area contributed by atoms with Crippen molar-refractivity contribution in [3.8, 4) is 11.5 Å². The van der Waals surface area contributed by atoms with E-state index in [9.17, 15) is 4.79 Å². The van der Waals surface area contributed by atoms with E-state index in [0.717, 1.165) is 12.0 Å². The molecule has 0 spiro atoms. The van der Waals surface area contributed by atoms with E-state index >= 15 is 0 Å². The number of carbonyl (C=O) groups is 1. The molecule has 104 valence electrons. The standard InChI is InChI=1S/C17H18O3/c1-4-12-7-5-8-13(11-12)17(18)16-14(19-2)9-6-10-15(16)20-3/h5-11H,4H2,1-3H3. The molecule has 0 heterocycles. The van der Waals surface area contributed by atoms with E-state index < -0.39 is 0 Å². The van der Waals surface area contributed by atoms with Gasteiger partial charge in [-0.05, 0) is 30.2 Å².